The van der Waals surface area contributed by atoms with Gasteiger partial charge in [-0.05, 0) is 18.8 Å². The van der Waals surface area contributed by atoms with E-state index >= 15 is 0 Å². The van der Waals surface area contributed by atoms with Crippen LogP contribution in [-0.4, -0.2) is 27.7 Å². The van der Waals surface area contributed by atoms with Gasteiger partial charge < -0.3 is 14.9 Å². The Morgan fingerprint density at radius 2 is 2.23 bits per heavy atom. The van der Waals surface area contributed by atoms with Gasteiger partial charge in [-0.2, -0.15) is 0 Å². The summed E-state index contributed by atoms with van der Waals surface area (Å²) in [5.41, 5.74) is -0.409. The van der Waals surface area contributed by atoms with Crippen molar-refractivity contribution in [2.75, 3.05) is 0 Å². The number of hydrogen-bond acceptors (Lipinski definition) is 3. The summed E-state index contributed by atoms with van der Waals surface area (Å²) in [4.78, 5) is 0. The van der Waals surface area contributed by atoms with Crippen LogP contribution in [0.5, 0.6) is 0 Å². The fourth-order valence-corrected chi connectivity index (χ4v) is 2.45. The van der Waals surface area contributed by atoms with Crippen molar-refractivity contribution in [3.8, 4) is 0 Å². The van der Waals surface area contributed by atoms with Gasteiger partial charge in [0, 0.05) is 6.42 Å². The monoisotopic (exact) mass is 184 g/mol. The number of aliphatic hydroxyl groups is 2. The van der Waals surface area contributed by atoms with Crippen LogP contribution in [0.2, 0.25) is 0 Å². The molecular formula is C10H16O3. The van der Waals surface area contributed by atoms with Crippen molar-refractivity contribution in [3.05, 3.63) is 12.7 Å². The number of fused-ring (bicyclic) bond motifs is 2. The van der Waals surface area contributed by atoms with Gasteiger partial charge in [-0.1, -0.05) is 13.0 Å². The molecule has 13 heavy (non-hydrogen) atoms. The Kier molecular flexibility index (Phi) is 1.81. The molecule has 0 aromatic rings. The third-order valence-corrected chi connectivity index (χ3v) is 3.52. The molecule has 2 rings (SSSR count). The van der Waals surface area contributed by atoms with Gasteiger partial charge in [0.05, 0.1) is 5.60 Å². The van der Waals surface area contributed by atoms with E-state index in [0.29, 0.717) is 12.8 Å². The molecule has 0 aromatic heterocycles. The maximum Gasteiger partial charge on any atom is 0.193 e. The Bertz CT molecular complexity index is 240. The summed E-state index contributed by atoms with van der Waals surface area (Å²) in [6.07, 6.45) is 2.86. The topological polar surface area (TPSA) is 49.7 Å². The highest BCUT2D eigenvalue weighted by Gasteiger charge is 2.57. The molecule has 4 atom stereocenters. The van der Waals surface area contributed by atoms with E-state index < -0.39 is 17.5 Å². The van der Waals surface area contributed by atoms with Gasteiger partial charge in [-0.15, -0.1) is 6.58 Å². The van der Waals surface area contributed by atoms with Crippen molar-refractivity contribution in [3.63, 3.8) is 0 Å². The molecule has 2 aliphatic heterocycles. The first-order valence-electron chi connectivity index (χ1n) is 4.77. The van der Waals surface area contributed by atoms with E-state index in [0.717, 1.165) is 6.42 Å². The Morgan fingerprint density at radius 1 is 1.54 bits per heavy atom. The standard InChI is InChI=1S/C10H16O3/c1-3-9-4-5-10(12,13-9)8(11)6-7(9)2/h3,7-8,11-12H,1,4-6H2,2H3/t7-,8+,9+,10-/m0/s1. The lowest BCUT2D eigenvalue weighted by molar-refractivity contribution is -0.295. The van der Waals surface area contributed by atoms with Crippen LogP contribution in [0.1, 0.15) is 26.2 Å². The quantitative estimate of drug-likeness (QED) is 0.593. The van der Waals surface area contributed by atoms with E-state index in [2.05, 4.69) is 6.58 Å². The summed E-state index contributed by atoms with van der Waals surface area (Å²) in [5, 5.41) is 19.5. The Hall–Kier alpha value is -0.380. The molecule has 2 bridgehead atoms. The second kappa shape index (κ2) is 2.56. The SMILES string of the molecule is C=C[C@]12CC[C@](O)(O1)[C@H](O)C[C@@H]2C. The lowest BCUT2D eigenvalue weighted by Crippen LogP contribution is -2.52. The van der Waals surface area contributed by atoms with Crippen molar-refractivity contribution in [2.45, 2.75) is 43.7 Å². The van der Waals surface area contributed by atoms with E-state index in [1.807, 2.05) is 6.92 Å². The molecule has 3 nitrogen and oxygen atoms in total. The maximum absolute atomic E-state index is 9.88. The minimum absolute atomic E-state index is 0.225. The van der Waals surface area contributed by atoms with Crippen LogP contribution in [0, 0.1) is 5.92 Å². The molecule has 0 aliphatic carbocycles. The van der Waals surface area contributed by atoms with Crippen LogP contribution in [0.25, 0.3) is 0 Å². The molecule has 0 radical (unpaired) electrons. The highest BCUT2D eigenvalue weighted by atomic mass is 16.7. The zero-order valence-corrected chi connectivity index (χ0v) is 7.86. The van der Waals surface area contributed by atoms with Crippen molar-refractivity contribution >= 4 is 0 Å². The van der Waals surface area contributed by atoms with Gasteiger partial charge in [0.2, 0.25) is 0 Å². The minimum Gasteiger partial charge on any atom is -0.388 e. The van der Waals surface area contributed by atoms with Gasteiger partial charge in [0.25, 0.3) is 0 Å². The number of aliphatic hydroxyl groups excluding tert-OH is 1. The summed E-state index contributed by atoms with van der Waals surface area (Å²) >= 11 is 0. The van der Waals surface area contributed by atoms with E-state index in [9.17, 15) is 10.2 Å². The molecule has 2 saturated heterocycles. The summed E-state index contributed by atoms with van der Waals surface area (Å²) in [7, 11) is 0. The Morgan fingerprint density at radius 3 is 2.85 bits per heavy atom. The van der Waals surface area contributed by atoms with E-state index in [4.69, 9.17) is 4.74 Å². The molecule has 0 aromatic carbocycles. The normalized spacial score (nSPS) is 55.0. The minimum atomic E-state index is -1.32. The fourth-order valence-electron chi connectivity index (χ4n) is 2.45. The summed E-state index contributed by atoms with van der Waals surface area (Å²) in [5.74, 6) is -1.09. The Balaban J connectivity index is 2.32. The van der Waals surface area contributed by atoms with E-state index in [1.54, 1.807) is 6.08 Å². The van der Waals surface area contributed by atoms with Crippen molar-refractivity contribution < 1.29 is 14.9 Å². The first kappa shape index (κ1) is 9.19. The average molecular weight is 184 g/mol. The lowest BCUT2D eigenvalue weighted by atomic mass is 9.83. The summed E-state index contributed by atoms with van der Waals surface area (Å²) in [6.45, 7) is 5.77. The fraction of sp³-hybridized carbons (Fsp3) is 0.800. The van der Waals surface area contributed by atoms with Crippen LogP contribution in [0.3, 0.4) is 0 Å². The van der Waals surface area contributed by atoms with Crippen molar-refractivity contribution in [1.82, 2.24) is 0 Å². The molecule has 2 aliphatic rings. The molecule has 2 fully saturated rings. The third kappa shape index (κ3) is 1.08. The summed E-state index contributed by atoms with van der Waals surface area (Å²) < 4.78 is 5.53. The van der Waals surface area contributed by atoms with Crippen LogP contribution in [0.15, 0.2) is 12.7 Å². The molecule has 0 spiro atoms. The van der Waals surface area contributed by atoms with Crippen LogP contribution < -0.4 is 0 Å². The molecule has 0 saturated carbocycles. The molecule has 74 valence electrons. The zero-order chi connectivity index (χ0) is 9.69. The molecule has 0 amide bonds. The first-order valence-corrected chi connectivity index (χ1v) is 4.77. The largest absolute Gasteiger partial charge is 0.388 e. The van der Waals surface area contributed by atoms with Gasteiger partial charge in [-0.25, -0.2) is 0 Å². The Labute approximate surface area is 78.0 Å². The highest BCUT2D eigenvalue weighted by Crippen LogP contribution is 2.50. The van der Waals surface area contributed by atoms with Crippen molar-refractivity contribution in [2.24, 2.45) is 5.92 Å². The second-order valence-corrected chi connectivity index (χ2v) is 4.26. The smallest absolute Gasteiger partial charge is 0.193 e. The number of rotatable bonds is 1. The lowest BCUT2D eigenvalue weighted by Gasteiger charge is -2.42. The molecular weight excluding hydrogens is 168 g/mol. The summed E-state index contributed by atoms with van der Waals surface area (Å²) in [6, 6.07) is 0. The predicted octanol–water partition coefficient (Wildman–Crippen LogP) is 0.811. The second-order valence-electron chi connectivity index (χ2n) is 4.26. The molecule has 2 N–H and O–H groups in total. The van der Waals surface area contributed by atoms with Crippen molar-refractivity contribution in [1.29, 1.82) is 0 Å². The first-order chi connectivity index (χ1) is 6.02. The van der Waals surface area contributed by atoms with Crippen LogP contribution in [0.4, 0.5) is 0 Å². The maximum atomic E-state index is 9.88. The zero-order valence-electron chi connectivity index (χ0n) is 7.86. The van der Waals surface area contributed by atoms with Gasteiger partial charge in [0.15, 0.2) is 5.79 Å². The van der Waals surface area contributed by atoms with Gasteiger partial charge in [-0.3, -0.25) is 0 Å². The molecule has 3 heteroatoms. The average Bonchev–Trinajstić information content (AvgIpc) is 2.41. The van der Waals surface area contributed by atoms with Gasteiger partial charge >= 0.3 is 0 Å². The highest BCUT2D eigenvalue weighted by molar-refractivity contribution is 5.11. The molecule has 2 heterocycles. The van der Waals surface area contributed by atoms with E-state index in [1.165, 1.54) is 0 Å². The van der Waals surface area contributed by atoms with Gasteiger partial charge in [0.1, 0.15) is 6.10 Å². The number of hydrogen-bond donors (Lipinski definition) is 2. The molecule has 0 unspecified atom stereocenters. The van der Waals surface area contributed by atoms with E-state index in [-0.39, 0.29) is 5.92 Å². The third-order valence-electron chi connectivity index (χ3n) is 3.52. The van der Waals surface area contributed by atoms with Crippen LogP contribution >= 0.6 is 0 Å². The number of ether oxygens (including phenoxy) is 1. The predicted molar refractivity (Wildman–Crippen MR) is 48.0 cm³/mol. The van der Waals surface area contributed by atoms with Crippen LogP contribution in [-0.2, 0) is 4.74 Å².